The summed E-state index contributed by atoms with van der Waals surface area (Å²) in [4.78, 5) is 0. The van der Waals surface area contributed by atoms with Crippen LogP contribution in [0.3, 0.4) is 0 Å². The van der Waals surface area contributed by atoms with Crippen molar-refractivity contribution in [2.75, 3.05) is 14.2 Å². The zero-order chi connectivity index (χ0) is 15.9. The number of aliphatic hydroxyl groups excluding tert-OH is 2. The Hall–Kier alpha value is -1.01. The Morgan fingerprint density at radius 3 is 2.00 bits per heavy atom. The van der Waals surface area contributed by atoms with Crippen LogP contribution < -0.4 is 0 Å². The Morgan fingerprint density at radius 2 is 1.62 bits per heavy atom. The van der Waals surface area contributed by atoms with Gasteiger partial charge in [0.1, 0.15) is 5.82 Å². The molecule has 4 nitrogen and oxygen atoms in total. The lowest BCUT2D eigenvalue weighted by Crippen LogP contribution is -2.16. The van der Waals surface area contributed by atoms with Crippen molar-refractivity contribution in [2.45, 2.75) is 50.6 Å². The van der Waals surface area contributed by atoms with E-state index in [-0.39, 0.29) is 11.0 Å². The third-order valence-corrected chi connectivity index (χ3v) is 3.99. The number of aliphatic hydroxyl groups is 2. The number of rotatable bonds is 4. The normalized spacial score (nSPS) is 25.5. The molecule has 1 aliphatic rings. The SMILES string of the molecule is COC(OC)c1cc(C(C)(C)C)cc(F)c1C1C(O)[C@@H]1O. The Bertz CT molecular complexity index is 512. The van der Waals surface area contributed by atoms with Crippen molar-refractivity contribution >= 4 is 0 Å². The van der Waals surface area contributed by atoms with Gasteiger partial charge in [0.25, 0.3) is 0 Å². The summed E-state index contributed by atoms with van der Waals surface area (Å²) < 4.78 is 25.1. The number of halogens is 1. The first-order valence-electron chi connectivity index (χ1n) is 6.98. The lowest BCUT2D eigenvalue weighted by Gasteiger charge is -2.24. The lowest BCUT2D eigenvalue weighted by atomic mass is 9.84. The van der Waals surface area contributed by atoms with Gasteiger partial charge in [-0.2, -0.15) is 0 Å². The minimum atomic E-state index is -0.937. The van der Waals surface area contributed by atoms with Crippen molar-refractivity contribution in [2.24, 2.45) is 0 Å². The molecule has 5 heteroatoms. The van der Waals surface area contributed by atoms with Crippen LogP contribution in [0.4, 0.5) is 4.39 Å². The molecule has 1 saturated carbocycles. The second-order valence-corrected chi connectivity index (χ2v) is 6.52. The third-order valence-electron chi connectivity index (χ3n) is 3.99. The zero-order valence-electron chi connectivity index (χ0n) is 13.1. The van der Waals surface area contributed by atoms with Crippen molar-refractivity contribution < 1.29 is 24.1 Å². The molecule has 118 valence electrons. The Labute approximate surface area is 124 Å². The molecule has 0 spiro atoms. The lowest BCUT2D eigenvalue weighted by molar-refractivity contribution is -0.106. The molecule has 21 heavy (non-hydrogen) atoms. The molecule has 0 saturated heterocycles. The molecule has 1 fully saturated rings. The van der Waals surface area contributed by atoms with E-state index in [0.717, 1.165) is 5.56 Å². The van der Waals surface area contributed by atoms with Crippen LogP contribution in [0.5, 0.6) is 0 Å². The first kappa shape index (κ1) is 16.4. The van der Waals surface area contributed by atoms with Gasteiger partial charge in [-0.1, -0.05) is 20.8 Å². The topological polar surface area (TPSA) is 58.9 Å². The first-order valence-corrected chi connectivity index (χ1v) is 6.98. The molecule has 0 bridgehead atoms. The number of ether oxygens (including phenoxy) is 2. The second kappa shape index (κ2) is 5.65. The molecule has 1 aromatic carbocycles. The average Bonchev–Trinajstić information content (AvgIpc) is 2.97. The first-order chi connectivity index (χ1) is 9.72. The van der Waals surface area contributed by atoms with Crippen molar-refractivity contribution in [3.05, 3.63) is 34.6 Å². The van der Waals surface area contributed by atoms with Crippen molar-refractivity contribution in [1.29, 1.82) is 0 Å². The van der Waals surface area contributed by atoms with E-state index in [1.54, 1.807) is 0 Å². The van der Waals surface area contributed by atoms with E-state index in [0.29, 0.717) is 5.56 Å². The van der Waals surface area contributed by atoms with Gasteiger partial charge in [0.05, 0.1) is 12.2 Å². The van der Waals surface area contributed by atoms with Crippen LogP contribution in [0.15, 0.2) is 12.1 Å². The van der Waals surface area contributed by atoms with E-state index < -0.39 is 30.2 Å². The Balaban J connectivity index is 2.58. The molecular formula is C16H23FO4. The minimum Gasteiger partial charge on any atom is -0.390 e. The fourth-order valence-electron chi connectivity index (χ4n) is 2.59. The Kier molecular flexibility index (Phi) is 4.40. The highest BCUT2D eigenvalue weighted by Crippen LogP contribution is 2.46. The van der Waals surface area contributed by atoms with Crippen molar-refractivity contribution in [1.82, 2.24) is 0 Å². The zero-order valence-corrected chi connectivity index (χ0v) is 13.1. The fraction of sp³-hybridized carbons (Fsp3) is 0.625. The van der Waals surface area contributed by atoms with E-state index >= 15 is 0 Å². The van der Waals surface area contributed by atoms with Gasteiger partial charge in [-0.05, 0) is 23.1 Å². The molecule has 0 amide bonds. The highest BCUT2D eigenvalue weighted by molar-refractivity contribution is 5.43. The second-order valence-electron chi connectivity index (χ2n) is 6.52. The van der Waals surface area contributed by atoms with Gasteiger partial charge in [0.15, 0.2) is 6.29 Å². The molecule has 3 atom stereocenters. The van der Waals surface area contributed by atoms with Gasteiger partial charge in [-0.15, -0.1) is 0 Å². The molecule has 1 aromatic rings. The summed E-state index contributed by atoms with van der Waals surface area (Å²) in [5, 5.41) is 19.3. The predicted molar refractivity (Wildman–Crippen MR) is 76.6 cm³/mol. The van der Waals surface area contributed by atoms with Gasteiger partial charge < -0.3 is 19.7 Å². The molecule has 2 N–H and O–H groups in total. The van der Waals surface area contributed by atoms with Crippen LogP contribution in [-0.4, -0.2) is 36.6 Å². The molecule has 1 aliphatic carbocycles. The van der Waals surface area contributed by atoms with Crippen LogP contribution in [0.1, 0.15) is 49.7 Å². The van der Waals surface area contributed by atoms with Crippen LogP contribution in [0.25, 0.3) is 0 Å². The van der Waals surface area contributed by atoms with Gasteiger partial charge in [-0.25, -0.2) is 4.39 Å². The standard InChI is InChI=1S/C16H23FO4/c1-16(2,3)8-6-9(15(20-4)21-5)11(10(17)7-8)12-13(18)14(12)19/h6-7,12-15,18-19H,1-5H3/t12?,13-,14?/m1/s1. The van der Waals surface area contributed by atoms with Gasteiger partial charge in [-0.3, -0.25) is 0 Å². The molecule has 0 heterocycles. The quantitative estimate of drug-likeness (QED) is 0.837. The number of methoxy groups -OCH3 is 2. The van der Waals surface area contributed by atoms with Crippen LogP contribution >= 0.6 is 0 Å². The maximum atomic E-state index is 14.6. The van der Waals surface area contributed by atoms with Crippen LogP contribution in [-0.2, 0) is 14.9 Å². The van der Waals surface area contributed by atoms with E-state index in [1.807, 2.05) is 26.8 Å². The summed E-state index contributed by atoms with van der Waals surface area (Å²) in [6.07, 6.45) is -2.61. The fourth-order valence-corrected chi connectivity index (χ4v) is 2.59. The summed E-state index contributed by atoms with van der Waals surface area (Å²) in [5.41, 5.74) is 1.37. The highest BCUT2D eigenvalue weighted by atomic mass is 19.1. The van der Waals surface area contributed by atoms with E-state index in [9.17, 15) is 14.6 Å². The largest absolute Gasteiger partial charge is 0.390 e. The van der Waals surface area contributed by atoms with E-state index in [1.165, 1.54) is 20.3 Å². The maximum absolute atomic E-state index is 14.6. The Morgan fingerprint density at radius 1 is 1.10 bits per heavy atom. The van der Waals surface area contributed by atoms with Gasteiger partial charge >= 0.3 is 0 Å². The molecular weight excluding hydrogens is 275 g/mol. The molecule has 0 radical (unpaired) electrons. The number of benzene rings is 1. The van der Waals surface area contributed by atoms with Crippen LogP contribution in [0.2, 0.25) is 0 Å². The molecule has 0 aromatic heterocycles. The van der Waals surface area contributed by atoms with E-state index in [2.05, 4.69) is 0 Å². The van der Waals surface area contributed by atoms with Crippen LogP contribution in [0, 0.1) is 5.82 Å². The molecule has 2 rings (SSSR count). The summed E-state index contributed by atoms with van der Waals surface area (Å²) in [5.74, 6) is -1.07. The number of hydrogen-bond donors (Lipinski definition) is 2. The number of hydrogen-bond acceptors (Lipinski definition) is 4. The summed E-state index contributed by atoms with van der Waals surface area (Å²) in [7, 11) is 2.94. The summed E-state index contributed by atoms with van der Waals surface area (Å²) in [6.45, 7) is 5.96. The summed E-state index contributed by atoms with van der Waals surface area (Å²) in [6, 6.07) is 3.28. The van der Waals surface area contributed by atoms with Crippen molar-refractivity contribution in [3.8, 4) is 0 Å². The van der Waals surface area contributed by atoms with E-state index in [4.69, 9.17) is 9.47 Å². The monoisotopic (exact) mass is 298 g/mol. The predicted octanol–water partition coefficient (Wildman–Crippen LogP) is 2.23. The third kappa shape index (κ3) is 2.97. The minimum absolute atomic E-state index is 0.235. The maximum Gasteiger partial charge on any atom is 0.183 e. The average molecular weight is 298 g/mol. The van der Waals surface area contributed by atoms with Crippen molar-refractivity contribution in [3.63, 3.8) is 0 Å². The highest BCUT2D eigenvalue weighted by Gasteiger charge is 2.52. The smallest absolute Gasteiger partial charge is 0.183 e. The van der Waals surface area contributed by atoms with Gasteiger partial charge in [0, 0.05) is 31.3 Å². The van der Waals surface area contributed by atoms with Gasteiger partial charge in [0.2, 0.25) is 0 Å². The summed E-state index contributed by atoms with van der Waals surface area (Å²) >= 11 is 0. The molecule has 2 unspecified atom stereocenters. The molecule has 0 aliphatic heterocycles.